The number of hydrogen-bond acceptors (Lipinski definition) is 3. The molecule has 0 aliphatic heterocycles. The van der Waals surface area contributed by atoms with E-state index in [1.54, 1.807) is 20.8 Å². The van der Waals surface area contributed by atoms with Crippen LogP contribution in [-0.4, -0.2) is 23.2 Å². The predicted octanol–water partition coefficient (Wildman–Crippen LogP) is 4.11. The summed E-state index contributed by atoms with van der Waals surface area (Å²) >= 11 is 8.80. The molecule has 20 heavy (non-hydrogen) atoms. The molecule has 1 aromatic rings. The molecule has 0 aliphatic carbocycles. The Labute approximate surface area is 129 Å². The highest BCUT2D eigenvalue weighted by Crippen LogP contribution is 2.32. The van der Waals surface area contributed by atoms with Gasteiger partial charge < -0.3 is 10.1 Å². The Morgan fingerprint density at radius 2 is 2.10 bits per heavy atom. The monoisotopic (exact) mass is 370 g/mol. The van der Waals surface area contributed by atoms with E-state index in [0.29, 0.717) is 4.47 Å². The minimum atomic E-state index is -3.39. The molecule has 1 heterocycles. The maximum atomic E-state index is 13.9. The van der Waals surface area contributed by atoms with Gasteiger partial charge in [-0.25, -0.2) is 4.79 Å². The van der Waals surface area contributed by atoms with Gasteiger partial charge in [-0.05, 0) is 42.8 Å². The average Bonchev–Trinajstić information content (AvgIpc) is 2.23. The number of hydrogen-bond donors (Lipinski definition) is 1. The van der Waals surface area contributed by atoms with Crippen molar-refractivity contribution >= 4 is 33.6 Å². The summed E-state index contributed by atoms with van der Waals surface area (Å²) in [5.41, 5.74) is -1.36. The van der Waals surface area contributed by atoms with Crippen LogP contribution in [0.1, 0.15) is 26.5 Å². The zero-order valence-electron chi connectivity index (χ0n) is 11.1. The Kier molecular flexibility index (Phi) is 5.32. The number of ether oxygens (including phenoxy) is 1. The summed E-state index contributed by atoms with van der Waals surface area (Å²) in [4.78, 5) is 14.9. The predicted molar refractivity (Wildman–Crippen MR) is 75.1 cm³/mol. The third kappa shape index (κ3) is 5.20. The van der Waals surface area contributed by atoms with Gasteiger partial charge in [0, 0.05) is 10.7 Å². The van der Waals surface area contributed by atoms with E-state index in [-0.39, 0.29) is 5.02 Å². The summed E-state index contributed by atoms with van der Waals surface area (Å²) in [6.45, 7) is 3.96. The minimum Gasteiger partial charge on any atom is -0.444 e. The normalized spacial score (nSPS) is 12.2. The molecule has 1 rings (SSSR count). The third-order valence-corrected chi connectivity index (χ3v) is 2.73. The van der Waals surface area contributed by atoms with E-state index in [1.807, 2.05) is 5.32 Å². The zero-order valence-corrected chi connectivity index (χ0v) is 13.5. The first-order chi connectivity index (χ1) is 9.01. The number of amides is 1. The van der Waals surface area contributed by atoms with Gasteiger partial charge in [0.2, 0.25) is 0 Å². The molecule has 8 heteroatoms. The van der Waals surface area contributed by atoms with Crippen molar-refractivity contribution in [2.24, 2.45) is 0 Å². The van der Waals surface area contributed by atoms with Gasteiger partial charge in [0.15, 0.2) is 0 Å². The van der Waals surface area contributed by atoms with Crippen molar-refractivity contribution < 1.29 is 18.3 Å². The van der Waals surface area contributed by atoms with E-state index in [2.05, 4.69) is 20.9 Å². The Bertz CT molecular complexity index is 507. The quantitative estimate of drug-likeness (QED) is 0.870. The van der Waals surface area contributed by atoms with Crippen LogP contribution < -0.4 is 5.32 Å². The van der Waals surface area contributed by atoms with E-state index >= 15 is 0 Å². The first-order valence-electron chi connectivity index (χ1n) is 5.67. The van der Waals surface area contributed by atoms with E-state index in [0.717, 1.165) is 0 Å². The van der Waals surface area contributed by atoms with Crippen molar-refractivity contribution in [3.8, 4) is 0 Å². The number of aromatic nitrogens is 1. The van der Waals surface area contributed by atoms with Gasteiger partial charge >= 0.3 is 12.0 Å². The maximum Gasteiger partial charge on any atom is 0.407 e. The molecule has 0 fully saturated rings. The van der Waals surface area contributed by atoms with Crippen molar-refractivity contribution in [2.45, 2.75) is 32.3 Å². The Morgan fingerprint density at radius 3 is 2.60 bits per heavy atom. The molecular formula is C12H14BrClF2N2O2. The lowest BCUT2D eigenvalue weighted by atomic mass is 10.2. The highest BCUT2D eigenvalue weighted by molar-refractivity contribution is 9.10. The SMILES string of the molecule is CC(C)(C)OC(=O)NCC(F)(F)c1ncc(Br)cc1Cl. The number of rotatable bonds is 3. The molecule has 0 atom stereocenters. The summed E-state index contributed by atoms with van der Waals surface area (Å²) < 4.78 is 33.2. The van der Waals surface area contributed by atoms with Gasteiger partial charge in [-0.3, -0.25) is 4.98 Å². The molecule has 0 saturated heterocycles. The Morgan fingerprint density at radius 1 is 1.50 bits per heavy atom. The van der Waals surface area contributed by atoms with Crippen molar-refractivity contribution in [1.82, 2.24) is 10.3 Å². The van der Waals surface area contributed by atoms with Crippen LogP contribution in [0, 0.1) is 0 Å². The van der Waals surface area contributed by atoms with Crippen LogP contribution in [0.5, 0.6) is 0 Å². The molecule has 4 nitrogen and oxygen atoms in total. The maximum absolute atomic E-state index is 13.9. The van der Waals surface area contributed by atoms with Crippen LogP contribution in [0.15, 0.2) is 16.7 Å². The van der Waals surface area contributed by atoms with Crippen molar-refractivity contribution in [3.63, 3.8) is 0 Å². The molecule has 0 saturated carbocycles. The summed E-state index contributed by atoms with van der Waals surface area (Å²) in [6, 6.07) is 1.31. The largest absolute Gasteiger partial charge is 0.444 e. The van der Waals surface area contributed by atoms with Crippen LogP contribution in [0.4, 0.5) is 13.6 Å². The number of nitrogens with one attached hydrogen (secondary N) is 1. The summed E-state index contributed by atoms with van der Waals surface area (Å²) in [7, 11) is 0. The molecule has 1 aromatic heterocycles. The molecule has 0 spiro atoms. The van der Waals surface area contributed by atoms with Gasteiger partial charge in [0.05, 0.1) is 11.6 Å². The first-order valence-corrected chi connectivity index (χ1v) is 6.84. The number of pyridine rings is 1. The average molecular weight is 372 g/mol. The second kappa shape index (κ2) is 6.22. The number of nitrogens with zero attached hydrogens (tertiary/aromatic N) is 1. The fraction of sp³-hybridized carbons (Fsp3) is 0.500. The van der Waals surface area contributed by atoms with Gasteiger partial charge in [-0.1, -0.05) is 11.6 Å². The lowest BCUT2D eigenvalue weighted by Gasteiger charge is -2.22. The summed E-state index contributed by atoms with van der Waals surface area (Å²) in [6.07, 6.45) is 0.285. The molecule has 0 bridgehead atoms. The Hall–Kier alpha value is -0.950. The second-order valence-electron chi connectivity index (χ2n) is 5.04. The van der Waals surface area contributed by atoms with Gasteiger partial charge in [0.1, 0.15) is 11.3 Å². The molecular weight excluding hydrogens is 357 g/mol. The number of alkyl carbamates (subject to hydrolysis) is 1. The van der Waals surface area contributed by atoms with E-state index < -0.39 is 29.9 Å². The lowest BCUT2D eigenvalue weighted by Crippen LogP contribution is -2.39. The van der Waals surface area contributed by atoms with Crippen molar-refractivity contribution in [1.29, 1.82) is 0 Å². The minimum absolute atomic E-state index is 0.185. The van der Waals surface area contributed by atoms with E-state index in [1.165, 1.54) is 12.3 Å². The van der Waals surface area contributed by atoms with Gasteiger partial charge in [-0.15, -0.1) is 0 Å². The number of carbonyl (C=O) groups excluding carboxylic acids is 1. The highest BCUT2D eigenvalue weighted by Gasteiger charge is 2.36. The van der Waals surface area contributed by atoms with Crippen molar-refractivity contribution in [3.05, 3.63) is 27.5 Å². The summed E-state index contributed by atoms with van der Waals surface area (Å²) in [5.74, 6) is -3.39. The van der Waals surface area contributed by atoms with Gasteiger partial charge in [-0.2, -0.15) is 8.78 Å². The summed E-state index contributed by atoms with van der Waals surface area (Å²) in [5, 5.41) is 1.81. The third-order valence-electron chi connectivity index (χ3n) is 2.01. The molecule has 0 aromatic carbocycles. The van der Waals surface area contributed by atoms with Crippen molar-refractivity contribution in [2.75, 3.05) is 6.54 Å². The second-order valence-corrected chi connectivity index (χ2v) is 6.37. The number of halogens is 4. The molecule has 112 valence electrons. The molecule has 0 radical (unpaired) electrons. The standard InChI is InChI=1S/C12H14BrClF2N2O2/c1-11(2,3)20-10(19)18-6-12(15,16)9-8(14)4-7(13)5-17-9/h4-5H,6H2,1-3H3,(H,18,19). The fourth-order valence-corrected chi connectivity index (χ4v) is 2.03. The smallest absolute Gasteiger partial charge is 0.407 e. The number of carbonyl (C=O) groups is 1. The van der Waals surface area contributed by atoms with Crippen LogP contribution in [0.25, 0.3) is 0 Å². The topological polar surface area (TPSA) is 51.2 Å². The van der Waals surface area contributed by atoms with Gasteiger partial charge in [0.25, 0.3) is 0 Å². The van der Waals surface area contributed by atoms with E-state index in [9.17, 15) is 13.6 Å². The first kappa shape index (κ1) is 17.1. The molecule has 0 unspecified atom stereocenters. The highest BCUT2D eigenvalue weighted by atomic mass is 79.9. The Balaban J connectivity index is 2.72. The van der Waals surface area contributed by atoms with Crippen LogP contribution in [0.2, 0.25) is 5.02 Å². The van der Waals surface area contributed by atoms with Crippen LogP contribution in [-0.2, 0) is 10.7 Å². The zero-order chi connectivity index (χ0) is 15.6. The van der Waals surface area contributed by atoms with Crippen LogP contribution >= 0.6 is 27.5 Å². The lowest BCUT2D eigenvalue weighted by molar-refractivity contribution is -0.0128. The van der Waals surface area contributed by atoms with E-state index in [4.69, 9.17) is 16.3 Å². The molecule has 0 aliphatic rings. The van der Waals surface area contributed by atoms with Crippen LogP contribution in [0.3, 0.4) is 0 Å². The molecule has 1 N–H and O–H groups in total. The number of alkyl halides is 2. The molecule has 1 amide bonds. The fourth-order valence-electron chi connectivity index (χ4n) is 1.26.